The molecule has 0 bridgehead atoms. The summed E-state index contributed by atoms with van der Waals surface area (Å²) in [6.07, 6.45) is 1.75. The fourth-order valence-corrected chi connectivity index (χ4v) is 4.48. The van der Waals surface area contributed by atoms with Crippen LogP contribution >= 0.6 is 0 Å². The van der Waals surface area contributed by atoms with Gasteiger partial charge in [0.15, 0.2) is 0 Å². The van der Waals surface area contributed by atoms with Gasteiger partial charge in [-0.05, 0) is 26.7 Å². The van der Waals surface area contributed by atoms with E-state index < -0.39 is 10.0 Å². The number of hydrogen-bond donors (Lipinski definition) is 1. The summed E-state index contributed by atoms with van der Waals surface area (Å²) in [4.78, 5) is 0. The Hall–Kier alpha value is -0.170. The smallest absolute Gasteiger partial charge is 0.217 e. The van der Waals surface area contributed by atoms with Gasteiger partial charge in [-0.3, -0.25) is 0 Å². The van der Waals surface area contributed by atoms with Crippen molar-refractivity contribution in [3.63, 3.8) is 0 Å². The van der Waals surface area contributed by atoms with Crippen LogP contribution in [0.25, 0.3) is 0 Å². The van der Waals surface area contributed by atoms with Gasteiger partial charge in [-0.1, -0.05) is 0 Å². The maximum Gasteiger partial charge on any atom is 0.217 e. The van der Waals surface area contributed by atoms with Gasteiger partial charge in [0.25, 0.3) is 0 Å². The second kappa shape index (κ2) is 5.22. The van der Waals surface area contributed by atoms with Gasteiger partial charge in [0.1, 0.15) is 0 Å². The summed E-state index contributed by atoms with van der Waals surface area (Å²) in [5.41, 5.74) is 0. The third kappa shape index (κ3) is 3.19. The summed E-state index contributed by atoms with van der Waals surface area (Å²) in [6.45, 7) is 5.96. The SMILES string of the molecule is CC1CN(S(=O)(=O)CC2CCCO2)C(C)CN1. The van der Waals surface area contributed by atoms with Crippen molar-refractivity contribution < 1.29 is 13.2 Å². The molecule has 2 aliphatic rings. The summed E-state index contributed by atoms with van der Waals surface area (Å²) in [5, 5.41) is 3.29. The van der Waals surface area contributed by atoms with E-state index in [1.807, 2.05) is 13.8 Å². The molecule has 2 saturated heterocycles. The molecule has 0 aromatic carbocycles. The van der Waals surface area contributed by atoms with Crippen LogP contribution in [-0.4, -0.2) is 56.4 Å². The lowest BCUT2D eigenvalue weighted by Gasteiger charge is -2.36. The first-order valence-electron chi connectivity index (χ1n) is 6.33. The number of nitrogens with one attached hydrogen (secondary N) is 1. The highest BCUT2D eigenvalue weighted by Crippen LogP contribution is 2.19. The van der Waals surface area contributed by atoms with Crippen molar-refractivity contribution in [1.29, 1.82) is 0 Å². The van der Waals surface area contributed by atoms with Gasteiger partial charge < -0.3 is 10.1 Å². The normalized spacial score (nSPS) is 36.2. The lowest BCUT2D eigenvalue weighted by Crippen LogP contribution is -2.57. The molecule has 1 N–H and O–H groups in total. The molecule has 0 spiro atoms. The minimum absolute atomic E-state index is 0.0394. The molecule has 100 valence electrons. The van der Waals surface area contributed by atoms with Crippen LogP contribution in [0.4, 0.5) is 0 Å². The topological polar surface area (TPSA) is 58.6 Å². The molecular formula is C11H22N2O3S. The van der Waals surface area contributed by atoms with Crippen LogP contribution in [-0.2, 0) is 14.8 Å². The molecule has 5 nitrogen and oxygen atoms in total. The zero-order chi connectivity index (χ0) is 12.5. The maximum atomic E-state index is 12.3. The fourth-order valence-electron chi connectivity index (χ4n) is 2.48. The van der Waals surface area contributed by atoms with Gasteiger partial charge in [-0.15, -0.1) is 0 Å². The number of ether oxygens (including phenoxy) is 1. The highest BCUT2D eigenvalue weighted by atomic mass is 32.2. The number of rotatable bonds is 3. The number of hydrogen-bond acceptors (Lipinski definition) is 4. The molecule has 2 aliphatic heterocycles. The van der Waals surface area contributed by atoms with E-state index in [1.165, 1.54) is 0 Å². The van der Waals surface area contributed by atoms with E-state index in [9.17, 15) is 8.42 Å². The molecule has 0 aromatic heterocycles. The summed E-state index contributed by atoms with van der Waals surface area (Å²) < 4.78 is 31.7. The Morgan fingerprint density at radius 1 is 1.41 bits per heavy atom. The van der Waals surface area contributed by atoms with E-state index in [1.54, 1.807) is 4.31 Å². The van der Waals surface area contributed by atoms with Crippen molar-refractivity contribution in [2.75, 3.05) is 25.4 Å². The molecule has 0 amide bonds. The van der Waals surface area contributed by atoms with Gasteiger partial charge in [-0.25, -0.2) is 8.42 Å². The minimum Gasteiger partial charge on any atom is -0.377 e. The highest BCUT2D eigenvalue weighted by Gasteiger charge is 2.34. The molecule has 3 atom stereocenters. The zero-order valence-corrected chi connectivity index (χ0v) is 11.4. The van der Waals surface area contributed by atoms with Crippen LogP contribution in [0.1, 0.15) is 26.7 Å². The largest absolute Gasteiger partial charge is 0.377 e. The minimum atomic E-state index is -3.18. The quantitative estimate of drug-likeness (QED) is 0.788. The first kappa shape index (κ1) is 13.3. The van der Waals surface area contributed by atoms with Gasteiger partial charge in [-0.2, -0.15) is 4.31 Å². The molecule has 6 heteroatoms. The van der Waals surface area contributed by atoms with E-state index in [-0.39, 0.29) is 23.9 Å². The van der Waals surface area contributed by atoms with Crippen LogP contribution in [0.5, 0.6) is 0 Å². The molecule has 0 saturated carbocycles. The molecule has 17 heavy (non-hydrogen) atoms. The Morgan fingerprint density at radius 2 is 2.18 bits per heavy atom. The predicted molar refractivity (Wildman–Crippen MR) is 66.4 cm³/mol. The van der Waals surface area contributed by atoms with Crippen molar-refractivity contribution in [3.8, 4) is 0 Å². The van der Waals surface area contributed by atoms with Gasteiger partial charge in [0.05, 0.1) is 11.9 Å². The van der Waals surface area contributed by atoms with Crippen molar-refractivity contribution in [2.24, 2.45) is 0 Å². The van der Waals surface area contributed by atoms with Crippen molar-refractivity contribution in [2.45, 2.75) is 44.9 Å². The molecule has 2 rings (SSSR count). The monoisotopic (exact) mass is 262 g/mol. The Balaban J connectivity index is 2.02. The van der Waals surface area contributed by atoms with Gasteiger partial charge in [0.2, 0.25) is 10.0 Å². The second-order valence-electron chi connectivity index (χ2n) is 5.14. The molecule has 0 aromatic rings. The third-order valence-electron chi connectivity index (χ3n) is 3.48. The molecular weight excluding hydrogens is 240 g/mol. The summed E-state index contributed by atoms with van der Waals surface area (Å²) >= 11 is 0. The van der Waals surface area contributed by atoms with Gasteiger partial charge in [0, 0.05) is 31.8 Å². The van der Waals surface area contributed by atoms with E-state index in [0.717, 1.165) is 19.4 Å². The second-order valence-corrected chi connectivity index (χ2v) is 7.11. The van der Waals surface area contributed by atoms with Crippen LogP contribution in [0, 0.1) is 0 Å². The van der Waals surface area contributed by atoms with E-state index >= 15 is 0 Å². The number of piperazine rings is 1. The average molecular weight is 262 g/mol. The Bertz CT molecular complexity index is 352. The van der Waals surface area contributed by atoms with Crippen LogP contribution in [0.2, 0.25) is 0 Å². The lowest BCUT2D eigenvalue weighted by molar-refractivity contribution is 0.125. The Morgan fingerprint density at radius 3 is 2.82 bits per heavy atom. The maximum absolute atomic E-state index is 12.3. The molecule has 3 unspecified atom stereocenters. The van der Waals surface area contributed by atoms with Crippen molar-refractivity contribution in [1.82, 2.24) is 9.62 Å². The first-order chi connectivity index (χ1) is 7.99. The number of nitrogens with zero attached hydrogens (tertiary/aromatic N) is 1. The molecule has 0 aliphatic carbocycles. The van der Waals surface area contributed by atoms with E-state index in [2.05, 4.69) is 5.32 Å². The average Bonchev–Trinajstić information content (AvgIpc) is 2.73. The fraction of sp³-hybridized carbons (Fsp3) is 1.00. The predicted octanol–water partition coefficient (Wildman–Crippen LogP) is 0.177. The molecule has 0 radical (unpaired) electrons. The summed E-state index contributed by atoms with van der Waals surface area (Å²) in [5.74, 6) is 0.143. The van der Waals surface area contributed by atoms with Crippen molar-refractivity contribution >= 4 is 10.0 Å². The van der Waals surface area contributed by atoms with E-state index in [4.69, 9.17) is 4.74 Å². The Labute approximate surface area is 104 Å². The Kier molecular flexibility index (Phi) is 4.07. The lowest BCUT2D eigenvalue weighted by atomic mass is 10.2. The highest BCUT2D eigenvalue weighted by molar-refractivity contribution is 7.89. The summed E-state index contributed by atoms with van der Waals surface area (Å²) in [7, 11) is -3.18. The molecule has 2 heterocycles. The number of sulfonamides is 1. The van der Waals surface area contributed by atoms with Crippen LogP contribution in [0.3, 0.4) is 0 Å². The molecule has 2 fully saturated rings. The van der Waals surface area contributed by atoms with Gasteiger partial charge >= 0.3 is 0 Å². The van der Waals surface area contributed by atoms with Crippen molar-refractivity contribution in [3.05, 3.63) is 0 Å². The zero-order valence-electron chi connectivity index (χ0n) is 10.6. The standard InChI is InChI=1S/C11H22N2O3S/c1-9-7-13(10(2)6-12-9)17(14,15)8-11-4-3-5-16-11/h9-12H,3-8H2,1-2H3. The third-order valence-corrected chi connectivity index (χ3v) is 5.50. The van der Waals surface area contributed by atoms with Crippen LogP contribution in [0.15, 0.2) is 0 Å². The first-order valence-corrected chi connectivity index (χ1v) is 7.94. The van der Waals surface area contributed by atoms with Crippen LogP contribution < -0.4 is 5.32 Å². The van der Waals surface area contributed by atoms with E-state index in [0.29, 0.717) is 13.2 Å². The summed E-state index contributed by atoms with van der Waals surface area (Å²) in [6, 6.07) is 0.267.